The highest BCUT2D eigenvalue weighted by atomic mass is 16.2. The number of nitrogens with one attached hydrogen (secondary N) is 3. The first-order chi connectivity index (χ1) is 12.7. The molecule has 6 heteroatoms. The monoisotopic (exact) mass is 355 g/mol. The number of hydrogen-bond donors (Lipinski definition) is 3. The van der Waals surface area contributed by atoms with Crippen molar-refractivity contribution in [2.45, 2.75) is 57.0 Å². The van der Waals surface area contributed by atoms with Gasteiger partial charge in [0.25, 0.3) is 0 Å². The van der Waals surface area contributed by atoms with Crippen molar-refractivity contribution in [3.8, 4) is 0 Å². The van der Waals surface area contributed by atoms with E-state index in [0.717, 1.165) is 50.0 Å². The van der Waals surface area contributed by atoms with Crippen LogP contribution in [-0.2, 0) is 18.3 Å². The predicted octanol–water partition coefficient (Wildman–Crippen LogP) is 2.05. The minimum atomic E-state index is -0.0532. The summed E-state index contributed by atoms with van der Waals surface area (Å²) < 4.78 is 2.19. The molecular formula is C20H29N5O. The second kappa shape index (κ2) is 7.76. The molecule has 1 aliphatic heterocycles. The molecular weight excluding hydrogens is 326 g/mol. The van der Waals surface area contributed by atoms with Crippen LogP contribution in [-0.4, -0.2) is 34.1 Å². The van der Waals surface area contributed by atoms with E-state index in [4.69, 9.17) is 4.98 Å². The van der Waals surface area contributed by atoms with Crippen LogP contribution in [0.1, 0.15) is 44.3 Å². The lowest BCUT2D eigenvalue weighted by molar-refractivity contribution is -0.123. The highest BCUT2D eigenvalue weighted by Gasteiger charge is 2.42. The van der Waals surface area contributed by atoms with Crippen molar-refractivity contribution in [1.29, 1.82) is 0 Å². The van der Waals surface area contributed by atoms with Gasteiger partial charge in [0.2, 0.25) is 5.91 Å². The molecule has 1 aliphatic carbocycles. The Labute approximate surface area is 154 Å². The average molecular weight is 355 g/mol. The number of hydrazine groups is 1. The largest absolute Gasteiger partial charge is 0.355 e. The van der Waals surface area contributed by atoms with Gasteiger partial charge in [-0.25, -0.2) is 10.4 Å². The van der Waals surface area contributed by atoms with Crippen molar-refractivity contribution in [1.82, 2.24) is 25.7 Å². The topological polar surface area (TPSA) is 71.0 Å². The Balaban J connectivity index is 1.16. The summed E-state index contributed by atoms with van der Waals surface area (Å²) >= 11 is 0. The molecule has 2 aromatic rings. The molecule has 1 aromatic heterocycles. The Bertz CT molecular complexity index is 771. The molecule has 1 saturated heterocycles. The third-order valence-corrected chi connectivity index (χ3v) is 5.96. The number of nitrogens with zero attached hydrogens (tertiary/aromatic N) is 2. The molecule has 0 radical (unpaired) electrons. The van der Waals surface area contributed by atoms with E-state index >= 15 is 0 Å². The van der Waals surface area contributed by atoms with Crippen molar-refractivity contribution in [2.24, 2.45) is 13.0 Å². The molecule has 140 valence electrons. The molecule has 0 spiro atoms. The zero-order valence-corrected chi connectivity index (χ0v) is 15.5. The molecule has 1 amide bonds. The van der Waals surface area contributed by atoms with Gasteiger partial charge in [-0.2, -0.15) is 0 Å². The van der Waals surface area contributed by atoms with Crippen LogP contribution in [0.2, 0.25) is 0 Å². The fourth-order valence-electron chi connectivity index (χ4n) is 4.46. The Kier molecular flexibility index (Phi) is 5.22. The number of benzene rings is 1. The minimum absolute atomic E-state index is 0.0532. The maximum atomic E-state index is 12.4. The summed E-state index contributed by atoms with van der Waals surface area (Å²) in [4.78, 5) is 17.1. The van der Waals surface area contributed by atoms with E-state index in [-0.39, 0.29) is 11.9 Å². The fraction of sp³-hybridized carbons (Fsp3) is 0.600. The third kappa shape index (κ3) is 3.48. The summed E-state index contributed by atoms with van der Waals surface area (Å²) in [5.74, 6) is 1.76. The molecule has 3 unspecified atom stereocenters. The highest BCUT2D eigenvalue weighted by Crippen LogP contribution is 2.31. The molecule has 3 atom stereocenters. The number of amides is 1. The molecule has 2 fully saturated rings. The molecule has 2 aliphatic rings. The van der Waals surface area contributed by atoms with E-state index in [1.807, 2.05) is 6.07 Å². The van der Waals surface area contributed by atoms with E-state index in [2.05, 4.69) is 46.0 Å². The Morgan fingerprint density at radius 2 is 2.12 bits per heavy atom. The van der Waals surface area contributed by atoms with Crippen molar-refractivity contribution in [2.75, 3.05) is 6.54 Å². The van der Waals surface area contributed by atoms with Crippen LogP contribution in [0.25, 0.3) is 11.0 Å². The van der Waals surface area contributed by atoms with Gasteiger partial charge in [-0.1, -0.05) is 25.0 Å². The van der Waals surface area contributed by atoms with Crippen LogP contribution >= 0.6 is 0 Å². The molecule has 4 rings (SSSR count). The maximum Gasteiger partial charge on any atom is 0.238 e. The lowest BCUT2D eigenvalue weighted by atomic mass is 9.97. The number of fused-ring (bicyclic) bond motifs is 2. The number of carbonyl (C=O) groups is 1. The number of unbranched alkanes of at least 4 members (excludes halogenated alkanes) is 2. The summed E-state index contributed by atoms with van der Waals surface area (Å²) in [5, 5.41) is 3.11. The van der Waals surface area contributed by atoms with Gasteiger partial charge in [0.15, 0.2) is 0 Å². The normalized spacial score (nSPS) is 24.9. The standard InChI is InChI=1S/C20H29N5O/c1-25-17-11-5-4-9-16(17)22-18(25)12-3-2-6-13-21-20(26)19-14-8-7-10-15(14)23-24-19/h4-5,9,11,14-15,19,23-24H,2-3,6-8,10,12-13H2,1H3,(H,21,26). The predicted molar refractivity (Wildman–Crippen MR) is 102 cm³/mol. The first-order valence-corrected chi connectivity index (χ1v) is 9.93. The van der Waals surface area contributed by atoms with Crippen LogP contribution in [0.3, 0.4) is 0 Å². The quantitative estimate of drug-likeness (QED) is 0.665. The van der Waals surface area contributed by atoms with E-state index < -0.39 is 0 Å². The maximum absolute atomic E-state index is 12.4. The molecule has 6 nitrogen and oxygen atoms in total. The van der Waals surface area contributed by atoms with Gasteiger partial charge in [0, 0.05) is 32.0 Å². The second-order valence-electron chi connectivity index (χ2n) is 7.65. The van der Waals surface area contributed by atoms with E-state index in [0.29, 0.717) is 12.0 Å². The molecule has 1 saturated carbocycles. The molecule has 3 N–H and O–H groups in total. The summed E-state index contributed by atoms with van der Waals surface area (Å²) in [6.07, 6.45) is 7.77. The molecule has 26 heavy (non-hydrogen) atoms. The number of aromatic nitrogens is 2. The minimum Gasteiger partial charge on any atom is -0.355 e. The van der Waals surface area contributed by atoms with Crippen LogP contribution in [0.4, 0.5) is 0 Å². The van der Waals surface area contributed by atoms with Gasteiger partial charge >= 0.3 is 0 Å². The number of para-hydroxylation sites is 2. The number of hydrogen-bond acceptors (Lipinski definition) is 4. The van der Waals surface area contributed by atoms with Crippen LogP contribution < -0.4 is 16.2 Å². The summed E-state index contributed by atoms with van der Waals surface area (Å²) in [6.45, 7) is 0.761. The van der Waals surface area contributed by atoms with Gasteiger partial charge in [0.1, 0.15) is 11.9 Å². The van der Waals surface area contributed by atoms with Crippen molar-refractivity contribution >= 4 is 16.9 Å². The first kappa shape index (κ1) is 17.5. The average Bonchev–Trinajstić information content (AvgIpc) is 3.33. The van der Waals surface area contributed by atoms with Crippen molar-refractivity contribution < 1.29 is 4.79 Å². The molecule has 1 aromatic carbocycles. The second-order valence-corrected chi connectivity index (χ2v) is 7.65. The van der Waals surface area contributed by atoms with E-state index in [9.17, 15) is 4.79 Å². The van der Waals surface area contributed by atoms with E-state index in [1.54, 1.807) is 0 Å². The molecule has 2 heterocycles. The zero-order chi connectivity index (χ0) is 17.9. The lowest BCUT2D eigenvalue weighted by Gasteiger charge is -2.16. The third-order valence-electron chi connectivity index (χ3n) is 5.96. The van der Waals surface area contributed by atoms with Crippen LogP contribution in [0, 0.1) is 5.92 Å². The number of rotatable bonds is 7. The van der Waals surface area contributed by atoms with Crippen LogP contribution in [0.15, 0.2) is 24.3 Å². The summed E-state index contributed by atoms with van der Waals surface area (Å²) in [6, 6.07) is 8.70. The Morgan fingerprint density at radius 3 is 3.00 bits per heavy atom. The van der Waals surface area contributed by atoms with Gasteiger partial charge in [-0.05, 0) is 37.8 Å². The van der Waals surface area contributed by atoms with Gasteiger partial charge in [-0.15, -0.1) is 0 Å². The zero-order valence-electron chi connectivity index (χ0n) is 15.5. The van der Waals surface area contributed by atoms with Gasteiger partial charge < -0.3 is 9.88 Å². The smallest absolute Gasteiger partial charge is 0.238 e. The number of imidazole rings is 1. The molecule has 0 bridgehead atoms. The van der Waals surface area contributed by atoms with Gasteiger partial charge in [-0.3, -0.25) is 10.2 Å². The summed E-state index contributed by atoms with van der Waals surface area (Å²) in [7, 11) is 2.09. The van der Waals surface area contributed by atoms with Crippen LogP contribution in [0.5, 0.6) is 0 Å². The Hall–Kier alpha value is -1.92. The van der Waals surface area contributed by atoms with E-state index in [1.165, 1.54) is 18.4 Å². The SMILES string of the molecule is Cn1c(CCCCCNC(=O)C2NNC3CCCC32)nc2ccccc21. The van der Waals surface area contributed by atoms with Crippen molar-refractivity contribution in [3.05, 3.63) is 30.1 Å². The Morgan fingerprint density at radius 1 is 1.23 bits per heavy atom. The number of aryl methyl sites for hydroxylation is 2. The van der Waals surface area contributed by atoms with Crippen molar-refractivity contribution in [3.63, 3.8) is 0 Å². The first-order valence-electron chi connectivity index (χ1n) is 9.93. The highest BCUT2D eigenvalue weighted by molar-refractivity contribution is 5.82. The van der Waals surface area contributed by atoms with Gasteiger partial charge in [0.05, 0.1) is 11.0 Å². The summed E-state index contributed by atoms with van der Waals surface area (Å²) in [5.41, 5.74) is 8.71. The number of carbonyl (C=O) groups excluding carboxylic acids is 1. The fourth-order valence-corrected chi connectivity index (χ4v) is 4.46. The lowest BCUT2D eigenvalue weighted by Crippen LogP contribution is -2.45.